The van der Waals surface area contributed by atoms with Gasteiger partial charge in [-0.3, -0.25) is 0 Å². The van der Waals surface area contributed by atoms with Gasteiger partial charge in [0.25, 0.3) is 0 Å². The topological polar surface area (TPSA) is 52.3 Å². The molecule has 1 aromatic heterocycles. The van der Waals surface area contributed by atoms with Gasteiger partial charge in [0.15, 0.2) is 5.69 Å². The largest absolute Gasteiger partial charge is 0.422 e. The first-order chi connectivity index (χ1) is 8.97. The van der Waals surface area contributed by atoms with E-state index >= 15 is 0 Å². The van der Waals surface area contributed by atoms with Crippen LogP contribution in [0, 0.1) is 5.82 Å². The quantitative estimate of drug-likeness (QED) is 0.635. The van der Waals surface area contributed by atoms with Crippen molar-refractivity contribution in [1.82, 2.24) is 5.16 Å². The molecule has 0 saturated carbocycles. The third kappa shape index (κ3) is 3.12. The summed E-state index contributed by atoms with van der Waals surface area (Å²) < 4.78 is 23.0. The lowest BCUT2D eigenvalue weighted by atomic mass is 10.1. The minimum Gasteiger partial charge on any atom is -0.422 e. The number of benzene rings is 1. The molecule has 6 heteroatoms. The first kappa shape index (κ1) is 13.5. The number of carbonyl (C=O) groups excluding carboxylic acids is 1. The summed E-state index contributed by atoms with van der Waals surface area (Å²) in [5.74, 6) is -0.410. The molecular weight excluding hydrogens is 273 g/mol. The molecule has 4 nitrogen and oxygen atoms in total. The van der Waals surface area contributed by atoms with E-state index in [1.807, 2.05) is 13.8 Å². The maximum absolute atomic E-state index is 13.0. The number of aromatic nitrogens is 1. The van der Waals surface area contributed by atoms with Crippen molar-refractivity contribution in [1.29, 1.82) is 0 Å². The molecule has 0 N–H and O–H groups in total. The Morgan fingerprint density at radius 3 is 2.74 bits per heavy atom. The Morgan fingerprint density at radius 2 is 2.16 bits per heavy atom. The minimum atomic E-state index is -0.682. The monoisotopic (exact) mass is 283 g/mol. The molecule has 0 aliphatic rings. The number of hydrogen-bond donors (Lipinski definition) is 0. The zero-order valence-electron chi connectivity index (χ0n) is 10.3. The van der Waals surface area contributed by atoms with Crippen molar-refractivity contribution in [2.45, 2.75) is 19.8 Å². The highest BCUT2D eigenvalue weighted by molar-refractivity contribution is 6.30. The van der Waals surface area contributed by atoms with Crippen LogP contribution >= 0.6 is 11.6 Å². The lowest BCUT2D eigenvalue weighted by molar-refractivity contribution is 0.0723. The van der Waals surface area contributed by atoms with Crippen LogP contribution in [0.1, 0.15) is 36.0 Å². The van der Waals surface area contributed by atoms with E-state index in [-0.39, 0.29) is 22.4 Å². The predicted molar refractivity (Wildman–Crippen MR) is 67.0 cm³/mol. The van der Waals surface area contributed by atoms with Crippen molar-refractivity contribution in [3.63, 3.8) is 0 Å². The number of halogens is 2. The lowest BCUT2D eigenvalue weighted by Crippen LogP contribution is -2.08. The van der Waals surface area contributed by atoms with E-state index in [1.54, 1.807) is 0 Å². The molecule has 0 aliphatic heterocycles. The second-order valence-electron chi connectivity index (χ2n) is 4.23. The molecule has 100 valence electrons. The Kier molecular flexibility index (Phi) is 3.85. The van der Waals surface area contributed by atoms with Crippen LogP contribution in [0.25, 0.3) is 0 Å². The van der Waals surface area contributed by atoms with E-state index in [0.717, 1.165) is 6.07 Å². The van der Waals surface area contributed by atoms with E-state index in [4.69, 9.17) is 20.9 Å². The standard InChI is InChI=1S/C13H11ClFNO3/c1-7(2)12-6-11(16-19-12)13(17)18-8-3-4-10(15)9(14)5-8/h3-7H,1-2H3. The summed E-state index contributed by atoms with van der Waals surface area (Å²) in [4.78, 5) is 11.8. The third-order valence-corrected chi connectivity index (χ3v) is 2.70. The van der Waals surface area contributed by atoms with E-state index < -0.39 is 11.8 Å². The van der Waals surface area contributed by atoms with Crippen LogP contribution in [-0.4, -0.2) is 11.1 Å². The van der Waals surface area contributed by atoms with E-state index in [1.165, 1.54) is 18.2 Å². The molecule has 0 unspecified atom stereocenters. The summed E-state index contributed by atoms with van der Waals surface area (Å²) in [6, 6.07) is 5.16. The fourth-order valence-electron chi connectivity index (χ4n) is 1.36. The molecule has 0 amide bonds. The highest BCUT2D eigenvalue weighted by Crippen LogP contribution is 2.22. The summed E-state index contributed by atoms with van der Waals surface area (Å²) in [6.07, 6.45) is 0. The van der Waals surface area contributed by atoms with Gasteiger partial charge in [-0.2, -0.15) is 0 Å². The molecule has 1 heterocycles. The SMILES string of the molecule is CC(C)c1cc(C(=O)Oc2ccc(F)c(Cl)c2)no1. The Bertz CT molecular complexity index is 610. The van der Waals surface area contributed by atoms with Crippen LogP contribution in [-0.2, 0) is 0 Å². The second kappa shape index (κ2) is 5.40. The number of hydrogen-bond acceptors (Lipinski definition) is 4. The van der Waals surface area contributed by atoms with Gasteiger partial charge in [-0.05, 0) is 12.1 Å². The Morgan fingerprint density at radius 1 is 1.42 bits per heavy atom. The Labute approximate surface area is 114 Å². The number of rotatable bonds is 3. The zero-order chi connectivity index (χ0) is 14.0. The van der Waals surface area contributed by atoms with Gasteiger partial charge >= 0.3 is 5.97 Å². The number of ether oxygens (including phenoxy) is 1. The zero-order valence-corrected chi connectivity index (χ0v) is 11.1. The molecule has 0 aliphatic carbocycles. The molecule has 0 radical (unpaired) electrons. The molecule has 0 saturated heterocycles. The summed E-state index contributed by atoms with van der Waals surface area (Å²) >= 11 is 5.59. The van der Waals surface area contributed by atoms with Crippen LogP contribution in [0.5, 0.6) is 5.75 Å². The van der Waals surface area contributed by atoms with E-state index in [0.29, 0.717) is 5.76 Å². The molecule has 0 fully saturated rings. The van der Waals surface area contributed by atoms with Crippen molar-refractivity contribution in [3.8, 4) is 5.75 Å². The highest BCUT2D eigenvalue weighted by atomic mass is 35.5. The second-order valence-corrected chi connectivity index (χ2v) is 4.64. The normalized spacial score (nSPS) is 10.8. The van der Waals surface area contributed by atoms with E-state index in [9.17, 15) is 9.18 Å². The Balaban J connectivity index is 2.13. The fourth-order valence-corrected chi connectivity index (χ4v) is 1.53. The van der Waals surface area contributed by atoms with Gasteiger partial charge in [-0.15, -0.1) is 0 Å². The van der Waals surface area contributed by atoms with Crippen LogP contribution in [0.4, 0.5) is 4.39 Å². The fraction of sp³-hybridized carbons (Fsp3) is 0.231. The van der Waals surface area contributed by atoms with Gasteiger partial charge in [0.05, 0.1) is 5.02 Å². The molecular formula is C13H11ClFNO3. The average molecular weight is 284 g/mol. The van der Waals surface area contributed by atoms with Crippen molar-refractivity contribution in [2.75, 3.05) is 0 Å². The third-order valence-electron chi connectivity index (χ3n) is 2.41. The summed E-state index contributed by atoms with van der Waals surface area (Å²) in [6.45, 7) is 3.82. The van der Waals surface area contributed by atoms with Gasteiger partial charge in [0.2, 0.25) is 0 Å². The van der Waals surface area contributed by atoms with Crippen molar-refractivity contribution < 1.29 is 18.4 Å². The van der Waals surface area contributed by atoms with Crippen LogP contribution < -0.4 is 4.74 Å². The van der Waals surface area contributed by atoms with Crippen molar-refractivity contribution in [3.05, 3.63) is 46.6 Å². The maximum Gasteiger partial charge on any atom is 0.365 e. The van der Waals surface area contributed by atoms with Gasteiger partial charge in [0, 0.05) is 18.1 Å². The summed E-state index contributed by atoms with van der Waals surface area (Å²) in [5, 5.41) is 3.50. The van der Waals surface area contributed by atoms with Crippen LogP contribution in [0.3, 0.4) is 0 Å². The Hall–Kier alpha value is -1.88. The van der Waals surface area contributed by atoms with E-state index in [2.05, 4.69) is 5.16 Å². The van der Waals surface area contributed by atoms with Gasteiger partial charge in [0.1, 0.15) is 17.3 Å². The smallest absolute Gasteiger partial charge is 0.365 e. The molecule has 0 spiro atoms. The lowest BCUT2D eigenvalue weighted by Gasteiger charge is -2.02. The molecule has 0 bridgehead atoms. The van der Waals surface area contributed by atoms with Crippen LogP contribution in [0.2, 0.25) is 5.02 Å². The predicted octanol–water partition coefficient (Wildman–Crippen LogP) is 3.81. The first-order valence-corrected chi connectivity index (χ1v) is 5.99. The van der Waals surface area contributed by atoms with Gasteiger partial charge < -0.3 is 9.26 Å². The maximum atomic E-state index is 13.0. The highest BCUT2D eigenvalue weighted by Gasteiger charge is 2.17. The number of carbonyl (C=O) groups is 1. The molecule has 2 aromatic rings. The molecule has 19 heavy (non-hydrogen) atoms. The van der Waals surface area contributed by atoms with Crippen LogP contribution in [0.15, 0.2) is 28.8 Å². The summed E-state index contributed by atoms with van der Waals surface area (Å²) in [5.41, 5.74) is 0.0594. The number of nitrogens with zero attached hydrogens (tertiary/aromatic N) is 1. The molecule has 0 atom stereocenters. The number of esters is 1. The van der Waals surface area contributed by atoms with Crippen molar-refractivity contribution >= 4 is 17.6 Å². The average Bonchev–Trinajstić information content (AvgIpc) is 2.83. The first-order valence-electron chi connectivity index (χ1n) is 5.61. The molecule has 2 rings (SSSR count). The van der Waals surface area contributed by atoms with Gasteiger partial charge in [-0.1, -0.05) is 30.6 Å². The molecule has 1 aromatic carbocycles. The summed E-state index contributed by atoms with van der Waals surface area (Å²) in [7, 11) is 0. The van der Waals surface area contributed by atoms with Crippen molar-refractivity contribution in [2.24, 2.45) is 0 Å². The minimum absolute atomic E-state index is 0.0594. The van der Waals surface area contributed by atoms with Gasteiger partial charge in [-0.25, -0.2) is 9.18 Å².